The second-order valence-electron chi connectivity index (χ2n) is 5.49. The number of H-pyrrole nitrogens is 1. The molecule has 0 spiro atoms. The van der Waals surface area contributed by atoms with Crippen molar-refractivity contribution in [3.8, 4) is 0 Å². The molecule has 2 heterocycles. The van der Waals surface area contributed by atoms with Gasteiger partial charge in [0.25, 0.3) is 5.91 Å². The maximum atomic E-state index is 12.1. The molecule has 108 valence electrons. The number of aromatic nitrogens is 3. The van der Waals surface area contributed by atoms with Gasteiger partial charge in [-0.3, -0.25) is 4.79 Å². The Bertz CT molecular complexity index is 1030. The first-order valence-corrected chi connectivity index (χ1v) is 7.03. The number of para-hydroxylation sites is 1. The van der Waals surface area contributed by atoms with Crippen LogP contribution in [0.25, 0.3) is 33.1 Å². The van der Waals surface area contributed by atoms with Crippen LogP contribution in [-0.2, 0) is 0 Å². The molecule has 0 radical (unpaired) electrons. The maximum Gasteiger partial charge on any atom is 0.253 e. The fraction of sp³-hybridized carbons (Fsp3) is 0.118. The van der Waals surface area contributed by atoms with Gasteiger partial charge in [0, 0.05) is 30.6 Å². The predicted molar refractivity (Wildman–Crippen MR) is 86.9 cm³/mol. The minimum absolute atomic E-state index is 0.0413. The molecule has 0 saturated carbocycles. The van der Waals surface area contributed by atoms with Crippen LogP contribution in [0.1, 0.15) is 10.4 Å². The molecule has 1 amide bonds. The highest BCUT2D eigenvalue weighted by Gasteiger charge is 2.12. The van der Waals surface area contributed by atoms with Crippen LogP contribution in [0.3, 0.4) is 0 Å². The molecule has 22 heavy (non-hydrogen) atoms. The van der Waals surface area contributed by atoms with Crippen LogP contribution >= 0.6 is 0 Å². The van der Waals surface area contributed by atoms with Crippen molar-refractivity contribution in [2.45, 2.75) is 0 Å². The number of benzene rings is 2. The Hall–Kier alpha value is -2.95. The number of nitrogens with zero attached hydrogens (tertiary/aromatic N) is 3. The molecule has 0 aliphatic carbocycles. The van der Waals surface area contributed by atoms with E-state index in [4.69, 9.17) is 4.98 Å². The van der Waals surface area contributed by atoms with Crippen molar-refractivity contribution < 1.29 is 4.79 Å². The summed E-state index contributed by atoms with van der Waals surface area (Å²) in [5.41, 5.74) is 4.72. The lowest BCUT2D eigenvalue weighted by atomic mass is 10.1. The summed E-state index contributed by atoms with van der Waals surface area (Å²) < 4.78 is 0. The predicted octanol–water partition coefficient (Wildman–Crippen LogP) is 2.97. The third-order valence-electron chi connectivity index (χ3n) is 3.75. The van der Waals surface area contributed by atoms with Gasteiger partial charge in [0.05, 0.1) is 11.0 Å². The third kappa shape index (κ3) is 1.83. The van der Waals surface area contributed by atoms with E-state index in [1.165, 1.54) is 0 Å². The van der Waals surface area contributed by atoms with Crippen LogP contribution in [0.5, 0.6) is 0 Å². The molecule has 1 N–H and O–H groups in total. The van der Waals surface area contributed by atoms with E-state index in [0.717, 1.165) is 27.6 Å². The number of rotatable bonds is 1. The second kappa shape index (κ2) is 4.53. The summed E-state index contributed by atoms with van der Waals surface area (Å²) in [6, 6.07) is 13.4. The van der Waals surface area contributed by atoms with Crippen molar-refractivity contribution in [1.29, 1.82) is 0 Å². The molecule has 0 aliphatic rings. The molecular formula is C17H14N4O. The lowest BCUT2D eigenvalue weighted by molar-refractivity contribution is 0.0828. The van der Waals surface area contributed by atoms with Gasteiger partial charge < -0.3 is 9.88 Å². The molecule has 2 aromatic heterocycles. The van der Waals surface area contributed by atoms with Crippen LogP contribution in [-0.4, -0.2) is 39.9 Å². The second-order valence-corrected chi connectivity index (χ2v) is 5.49. The summed E-state index contributed by atoms with van der Waals surface area (Å²) >= 11 is 0. The Labute approximate surface area is 126 Å². The van der Waals surface area contributed by atoms with E-state index >= 15 is 0 Å². The van der Waals surface area contributed by atoms with Crippen molar-refractivity contribution in [1.82, 2.24) is 19.9 Å². The number of aromatic amines is 1. The Morgan fingerprint density at radius 3 is 2.68 bits per heavy atom. The van der Waals surface area contributed by atoms with Crippen LogP contribution < -0.4 is 0 Å². The summed E-state index contributed by atoms with van der Waals surface area (Å²) in [5, 5.41) is 1.06. The topological polar surface area (TPSA) is 61.9 Å². The monoisotopic (exact) mass is 290 g/mol. The van der Waals surface area contributed by atoms with Gasteiger partial charge in [0.15, 0.2) is 5.65 Å². The zero-order chi connectivity index (χ0) is 15.3. The number of amides is 1. The van der Waals surface area contributed by atoms with Gasteiger partial charge in [-0.15, -0.1) is 0 Å². The SMILES string of the molecule is CN(C)C(=O)c1ccc2nc3c(nc2c1)[nH]c1ccccc13. The number of hydrogen-bond donors (Lipinski definition) is 1. The summed E-state index contributed by atoms with van der Waals surface area (Å²) in [6.45, 7) is 0. The standard InChI is InChI=1S/C17H14N4O/c1-21(2)17(22)10-7-8-13-14(9-10)20-16-15(18-13)11-5-3-4-6-12(11)19-16/h3-9H,1-2H3,(H,19,20). The number of nitrogens with one attached hydrogen (secondary N) is 1. The van der Waals surface area contributed by atoms with Gasteiger partial charge in [-0.25, -0.2) is 9.97 Å². The van der Waals surface area contributed by atoms with Gasteiger partial charge >= 0.3 is 0 Å². The van der Waals surface area contributed by atoms with E-state index in [1.807, 2.05) is 30.3 Å². The minimum atomic E-state index is -0.0413. The van der Waals surface area contributed by atoms with E-state index in [1.54, 1.807) is 31.1 Å². The quantitative estimate of drug-likeness (QED) is 0.586. The third-order valence-corrected chi connectivity index (χ3v) is 3.75. The molecule has 5 heteroatoms. The first kappa shape index (κ1) is 12.8. The first-order chi connectivity index (χ1) is 10.6. The Kier molecular flexibility index (Phi) is 2.63. The molecule has 0 atom stereocenters. The van der Waals surface area contributed by atoms with Crippen molar-refractivity contribution in [2.75, 3.05) is 14.1 Å². The molecule has 2 aromatic carbocycles. The van der Waals surface area contributed by atoms with Crippen LogP contribution in [0, 0.1) is 0 Å². The minimum Gasteiger partial charge on any atom is -0.345 e. The number of carbonyl (C=O) groups excluding carboxylic acids is 1. The highest BCUT2D eigenvalue weighted by molar-refractivity contribution is 6.06. The molecule has 4 aromatic rings. The molecule has 0 bridgehead atoms. The van der Waals surface area contributed by atoms with Gasteiger partial charge in [-0.05, 0) is 24.3 Å². The van der Waals surface area contributed by atoms with Crippen LogP contribution in [0.4, 0.5) is 0 Å². The van der Waals surface area contributed by atoms with Crippen LogP contribution in [0.15, 0.2) is 42.5 Å². The number of carbonyl (C=O) groups is 1. The number of hydrogen-bond acceptors (Lipinski definition) is 3. The smallest absolute Gasteiger partial charge is 0.253 e. The Balaban J connectivity index is 2.00. The van der Waals surface area contributed by atoms with Gasteiger partial charge in [0.2, 0.25) is 0 Å². The molecule has 5 nitrogen and oxygen atoms in total. The summed E-state index contributed by atoms with van der Waals surface area (Å²) in [5.74, 6) is -0.0413. The Morgan fingerprint density at radius 1 is 1.05 bits per heavy atom. The summed E-state index contributed by atoms with van der Waals surface area (Å²) in [7, 11) is 3.47. The lowest BCUT2D eigenvalue weighted by Gasteiger charge is -2.10. The molecule has 0 aliphatic heterocycles. The van der Waals surface area contributed by atoms with E-state index < -0.39 is 0 Å². The molecule has 0 saturated heterocycles. The average molecular weight is 290 g/mol. The largest absolute Gasteiger partial charge is 0.345 e. The fourth-order valence-electron chi connectivity index (χ4n) is 2.65. The number of fused-ring (bicyclic) bond motifs is 4. The molecule has 0 unspecified atom stereocenters. The zero-order valence-corrected chi connectivity index (χ0v) is 12.3. The van der Waals surface area contributed by atoms with Crippen molar-refractivity contribution >= 4 is 39.0 Å². The average Bonchev–Trinajstić information content (AvgIpc) is 2.88. The van der Waals surface area contributed by atoms with Crippen molar-refractivity contribution in [3.05, 3.63) is 48.0 Å². The van der Waals surface area contributed by atoms with Crippen molar-refractivity contribution in [2.24, 2.45) is 0 Å². The fourth-order valence-corrected chi connectivity index (χ4v) is 2.65. The van der Waals surface area contributed by atoms with E-state index in [-0.39, 0.29) is 5.91 Å². The summed E-state index contributed by atoms with van der Waals surface area (Å²) in [4.78, 5) is 26.2. The molecule has 4 rings (SSSR count). The Morgan fingerprint density at radius 2 is 1.86 bits per heavy atom. The van der Waals surface area contributed by atoms with Gasteiger partial charge in [-0.2, -0.15) is 0 Å². The van der Waals surface area contributed by atoms with Gasteiger partial charge in [0.1, 0.15) is 5.52 Å². The summed E-state index contributed by atoms with van der Waals surface area (Å²) in [6.07, 6.45) is 0. The van der Waals surface area contributed by atoms with E-state index in [9.17, 15) is 4.79 Å². The molecular weight excluding hydrogens is 276 g/mol. The first-order valence-electron chi connectivity index (χ1n) is 7.03. The van der Waals surface area contributed by atoms with Gasteiger partial charge in [-0.1, -0.05) is 18.2 Å². The highest BCUT2D eigenvalue weighted by atomic mass is 16.2. The molecule has 0 fully saturated rings. The van der Waals surface area contributed by atoms with Crippen molar-refractivity contribution in [3.63, 3.8) is 0 Å². The normalized spacial score (nSPS) is 11.4. The highest BCUT2D eigenvalue weighted by Crippen LogP contribution is 2.24. The zero-order valence-electron chi connectivity index (χ0n) is 12.3. The maximum absolute atomic E-state index is 12.1. The van der Waals surface area contributed by atoms with E-state index in [0.29, 0.717) is 11.1 Å². The van der Waals surface area contributed by atoms with E-state index in [2.05, 4.69) is 9.97 Å². The van der Waals surface area contributed by atoms with Crippen LogP contribution in [0.2, 0.25) is 0 Å². The lowest BCUT2D eigenvalue weighted by Crippen LogP contribution is -2.21.